The lowest BCUT2D eigenvalue weighted by atomic mass is 9.98. The van der Waals surface area contributed by atoms with Crippen LogP contribution >= 0.6 is 0 Å². The quantitative estimate of drug-likeness (QED) is 0.440. The Bertz CT molecular complexity index is 1010. The van der Waals surface area contributed by atoms with Crippen LogP contribution in [-0.4, -0.2) is 25.8 Å². The molecule has 3 aromatic carbocycles. The predicted molar refractivity (Wildman–Crippen MR) is 117 cm³/mol. The smallest absolute Gasteiger partial charge is 0.277 e. The number of hydrazone groups is 1. The van der Waals surface area contributed by atoms with E-state index in [0.717, 1.165) is 34.1 Å². The Morgan fingerprint density at radius 2 is 1.83 bits per heavy atom. The third-order valence-electron chi connectivity index (χ3n) is 4.95. The third kappa shape index (κ3) is 4.93. The van der Waals surface area contributed by atoms with Gasteiger partial charge in [-0.05, 0) is 40.8 Å². The molecule has 1 N–H and O–H groups in total. The fraction of sp³-hybridized carbons (Fsp3) is 0.250. The van der Waals surface area contributed by atoms with E-state index in [-0.39, 0.29) is 12.5 Å². The Labute approximate surface area is 171 Å². The number of fused-ring (bicyclic) bond motifs is 1. The van der Waals surface area contributed by atoms with Crippen LogP contribution in [0.2, 0.25) is 0 Å². The molecule has 0 heterocycles. The summed E-state index contributed by atoms with van der Waals surface area (Å²) in [4.78, 5) is 12.2. The average Bonchev–Trinajstić information content (AvgIpc) is 2.77. The first-order valence-electron chi connectivity index (χ1n) is 9.73. The Morgan fingerprint density at radius 3 is 2.62 bits per heavy atom. The summed E-state index contributed by atoms with van der Waals surface area (Å²) in [6, 6.07) is 19.6. The van der Waals surface area contributed by atoms with Crippen molar-refractivity contribution in [1.82, 2.24) is 5.43 Å². The van der Waals surface area contributed by atoms with Crippen molar-refractivity contribution in [2.45, 2.75) is 26.2 Å². The van der Waals surface area contributed by atoms with Gasteiger partial charge in [-0.15, -0.1) is 0 Å². The summed E-state index contributed by atoms with van der Waals surface area (Å²) in [5.74, 6) is 1.47. The largest absolute Gasteiger partial charge is 0.496 e. The molecule has 3 rings (SSSR count). The highest BCUT2D eigenvalue weighted by molar-refractivity contribution is 6.02. The molecule has 0 aliphatic rings. The summed E-state index contributed by atoms with van der Waals surface area (Å²) in [5, 5.41) is 6.18. The molecule has 0 aromatic heterocycles. The van der Waals surface area contributed by atoms with Gasteiger partial charge in [-0.1, -0.05) is 62.4 Å². The highest BCUT2D eigenvalue weighted by atomic mass is 16.5. The lowest BCUT2D eigenvalue weighted by molar-refractivity contribution is -0.123. The van der Waals surface area contributed by atoms with Crippen LogP contribution in [0.4, 0.5) is 0 Å². The predicted octanol–water partition coefficient (Wildman–Crippen LogP) is 4.89. The molecule has 150 valence electrons. The van der Waals surface area contributed by atoms with Crippen molar-refractivity contribution in [3.63, 3.8) is 0 Å². The molecule has 3 aromatic rings. The minimum absolute atomic E-state index is 0.0997. The van der Waals surface area contributed by atoms with Crippen LogP contribution in [0.3, 0.4) is 0 Å². The number of amides is 1. The zero-order valence-electron chi connectivity index (χ0n) is 17.0. The second kappa shape index (κ2) is 9.73. The maximum absolute atomic E-state index is 12.2. The molecule has 0 fully saturated rings. The van der Waals surface area contributed by atoms with Crippen molar-refractivity contribution in [1.29, 1.82) is 0 Å². The van der Waals surface area contributed by atoms with Gasteiger partial charge in [-0.3, -0.25) is 4.79 Å². The van der Waals surface area contributed by atoms with Gasteiger partial charge in [0.2, 0.25) is 0 Å². The molecule has 1 atom stereocenters. The second-order valence-electron chi connectivity index (χ2n) is 6.83. The first-order valence-corrected chi connectivity index (χ1v) is 9.73. The van der Waals surface area contributed by atoms with E-state index in [9.17, 15) is 4.79 Å². The van der Waals surface area contributed by atoms with Gasteiger partial charge in [0, 0.05) is 5.56 Å². The first kappa shape index (κ1) is 20.4. The van der Waals surface area contributed by atoms with Gasteiger partial charge in [0.15, 0.2) is 6.61 Å². The SMILES string of the molecule is CCC(C)c1ccccc1OCC(=O)N/N=C/c1c(OC)ccc2ccccc12. The zero-order valence-corrected chi connectivity index (χ0v) is 17.0. The number of nitrogens with one attached hydrogen (secondary N) is 1. The van der Waals surface area contributed by atoms with Gasteiger partial charge in [-0.25, -0.2) is 5.43 Å². The zero-order chi connectivity index (χ0) is 20.6. The number of hydrogen-bond acceptors (Lipinski definition) is 4. The van der Waals surface area contributed by atoms with Crippen LogP contribution in [0.1, 0.15) is 37.3 Å². The standard InChI is InChI=1S/C24H26N2O3/c1-4-17(2)19-10-7-8-12-23(19)29-16-24(27)26-25-15-21-20-11-6-5-9-18(20)13-14-22(21)28-3/h5-15,17H,4,16H2,1-3H3,(H,26,27)/b25-15+. The van der Waals surface area contributed by atoms with Crippen LogP contribution in [-0.2, 0) is 4.79 Å². The molecule has 1 unspecified atom stereocenters. The number of ether oxygens (including phenoxy) is 2. The number of para-hydroxylation sites is 1. The van der Waals surface area contributed by atoms with E-state index in [0.29, 0.717) is 11.7 Å². The minimum atomic E-state index is -0.320. The van der Waals surface area contributed by atoms with Crippen molar-refractivity contribution in [3.05, 3.63) is 71.8 Å². The molecule has 0 aliphatic carbocycles. The topological polar surface area (TPSA) is 59.9 Å². The van der Waals surface area contributed by atoms with Crippen molar-refractivity contribution >= 4 is 22.9 Å². The number of benzene rings is 3. The Morgan fingerprint density at radius 1 is 1.07 bits per heavy atom. The fourth-order valence-corrected chi connectivity index (χ4v) is 3.17. The van der Waals surface area contributed by atoms with Crippen molar-refractivity contribution in [2.75, 3.05) is 13.7 Å². The van der Waals surface area contributed by atoms with Gasteiger partial charge in [0.1, 0.15) is 11.5 Å². The maximum Gasteiger partial charge on any atom is 0.277 e. The number of carbonyl (C=O) groups is 1. The van der Waals surface area contributed by atoms with Crippen molar-refractivity contribution in [2.24, 2.45) is 5.10 Å². The van der Waals surface area contributed by atoms with E-state index in [4.69, 9.17) is 9.47 Å². The van der Waals surface area contributed by atoms with E-state index in [1.54, 1.807) is 13.3 Å². The van der Waals surface area contributed by atoms with Crippen LogP contribution in [0.25, 0.3) is 10.8 Å². The summed E-state index contributed by atoms with van der Waals surface area (Å²) >= 11 is 0. The van der Waals surface area contributed by atoms with E-state index < -0.39 is 0 Å². The number of carbonyl (C=O) groups excluding carboxylic acids is 1. The van der Waals surface area contributed by atoms with E-state index in [2.05, 4.69) is 24.4 Å². The van der Waals surface area contributed by atoms with Crippen LogP contribution in [0.15, 0.2) is 65.8 Å². The number of methoxy groups -OCH3 is 1. The number of rotatable bonds is 8. The van der Waals surface area contributed by atoms with Crippen LogP contribution in [0, 0.1) is 0 Å². The summed E-state index contributed by atoms with van der Waals surface area (Å²) < 4.78 is 11.2. The molecule has 0 spiro atoms. The molecule has 0 bridgehead atoms. The van der Waals surface area contributed by atoms with E-state index >= 15 is 0 Å². The summed E-state index contributed by atoms with van der Waals surface area (Å²) in [7, 11) is 1.61. The number of hydrogen-bond donors (Lipinski definition) is 1. The lowest BCUT2D eigenvalue weighted by Gasteiger charge is -2.15. The normalized spacial score (nSPS) is 12.1. The molecule has 5 nitrogen and oxygen atoms in total. The van der Waals surface area contributed by atoms with Crippen LogP contribution < -0.4 is 14.9 Å². The molecule has 0 saturated carbocycles. The van der Waals surface area contributed by atoms with Gasteiger partial charge in [0.25, 0.3) is 5.91 Å². The first-order chi connectivity index (χ1) is 14.1. The molecular weight excluding hydrogens is 364 g/mol. The van der Waals surface area contributed by atoms with Crippen LogP contribution in [0.5, 0.6) is 11.5 Å². The highest BCUT2D eigenvalue weighted by Crippen LogP contribution is 2.28. The molecule has 1 amide bonds. The third-order valence-corrected chi connectivity index (χ3v) is 4.95. The summed E-state index contributed by atoms with van der Waals surface area (Å²) in [6.45, 7) is 4.17. The molecule has 29 heavy (non-hydrogen) atoms. The molecule has 0 saturated heterocycles. The Kier molecular flexibility index (Phi) is 6.85. The molecule has 0 aliphatic heterocycles. The highest BCUT2D eigenvalue weighted by Gasteiger charge is 2.11. The van der Waals surface area contributed by atoms with E-state index in [1.165, 1.54) is 0 Å². The summed E-state index contributed by atoms with van der Waals surface area (Å²) in [5.41, 5.74) is 4.45. The Balaban J connectivity index is 1.66. The maximum atomic E-state index is 12.2. The average molecular weight is 390 g/mol. The molecule has 5 heteroatoms. The van der Waals surface area contributed by atoms with Gasteiger partial charge >= 0.3 is 0 Å². The lowest BCUT2D eigenvalue weighted by Crippen LogP contribution is -2.25. The molecule has 0 radical (unpaired) electrons. The van der Waals surface area contributed by atoms with E-state index in [1.807, 2.05) is 60.7 Å². The molecular formula is C24H26N2O3. The van der Waals surface area contributed by atoms with Gasteiger partial charge < -0.3 is 9.47 Å². The van der Waals surface area contributed by atoms with Crippen molar-refractivity contribution < 1.29 is 14.3 Å². The fourth-order valence-electron chi connectivity index (χ4n) is 3.17. The Hall–Kier alpha value is -3.34. The van der Waals surface area contributed by atoms with Gasteiger partial charge in [0.05, 0.1) is 13.3 Å². The number of nitrogens with zero attached hydrogens (tertiary/aromatic N) is 1. The summed E-state index contributed by atoms with van der Waals surface area (Å²) in [6.07, 6.45) is 2.61. The monoisotopic (exact) mass is 390 g/mol. The minimum Gasteiger partial charge on any atom is -0.496 e. The van der Waals surface area contributed by atoms with Gasteiger partial charge in [-0.2, -0.15) is 5.10 Å². The van der Waals surface area contributed by atoms with Crippen molar-refractivity contribution in [3.8, 4) is 11.5 Å². The second-order valence-corrected chi connectivity index (χ2v) is 6.83.